The highest BCUT2D eigenvalue weighted by Crippen LogP contribution is 2.34. The first kappa shape index (κ1) is 13.3. The number of ether oxygens (including phenoxy) is 2. The Labute approximate surface area is 103 Å². The predicted octanol–water partition coefficient (Wildman–Crippen LogP) is 0.641. The van der Waals surface area contributed by atoms with E-state index in [0.717, 1.165) is 25.7 Å². The zero-order valence-electron chi connectivity index (χ0n) is 10.1. The fourth-order valence-electron chi connectivity index (χ4n) is 2.39. The number of nitrogens with two attached hydrogens (primary N) is 1. The number of primary sulfonamides is 1. The number of sulfonamides is 1. The molecule has 0 unspecified atom stereocenters. The molecule has 0 aromatic carbocycles. The molecule has 1 heterocycles. The standard InChI is InChI=1S/C11H21NO4S/c12-17(13,14)9-11(4-6-15-7-5-11)8-16-10-2-1-3-10/h10H,1-9H2,(H2,12,13,14). The smallest absolute Gasteiger partial charge is 0.209 e. The lowest BCUT2D eigenvalue weighted by molar-refractivity contribution is -0.0733. The van der Waals surface area contributed by atoms with E-state index in [1.165, 1.54) is 6.42 Å². The number of hydrogen-bond donors (Lipinski definition) is 1. The maximum atomic E-state index is 11.3. The van der Waals surface area contributed by atoms with Gasteiger partial charge in [0.2, 0.25) is 10.0 Å². The summed E-state index contributed by atoms with van der Waals surface area (Å²) in [6.45, 7) is 1.70. The molecule has 1 aliphatic heterocycles. The molecule has 2 aliphatic rings. The van der Waals surface area contributed by atoms with Crippen molar-refractivity contribution >= 4 is 10.0 Å². The third-order valence-electron chi connectivity index (χ3n) is 3.74. The maximum absolute atomic E-state index is 11.3. The lowest BCUT2D eigenvalue weighted by Gasteiger charge is -2.38. The molecule has 1 aliphatic carbocycles. The molecule has 0 aromatic rings. The van der Waals surface area contributed by atoms with Crippen LogP contribution in [-0.2, 0) is 19.5 Å². The summed E-state index contributed by atoms with van der Waals surface area (Å²) in [4.78, 5) is 0. The van der Waals surface area contributed by atoms with Crippen LogP contribution in [-0.4, -0.2) is 40.1 Å². The summed E-state index contributed by atoms with van der Waals surface area (Å²) in [7, 11) is -3.45. The largest absolute Gasteiger partial charge is 0.381 e. The van der Waals surface area contributed by atoms with Gasteiger partial charge in [-0.2, -0.15) is 0 Å². The van der Waals surface area contributed by atoms with Crippen LogP contribution in [0, 0.1) is 5.41 Å². The summed E-state index contributed by atoms with van der Waals surface area (Å²) >= 11 is 0. The summed E-state index contributed by atoms with van der Waals surface area (Å²) in [6.07, 6.45) is 5.18. The van der Waals surface area contributed by atoms with Gasteiger partial charge in [0.25, 0.3) is 0 Å². The molecule has 17 heavy (non-hydrogen) atoms. The molecular weight excluding hydrogens is 242 g/mol. The summed E-state index contributed by atoms with van der Waals surface area (Å²) in [5.41, 5.74) is -0.332. The fraction of sp³-hybridized carbons (Fsp3) is 1.00. The second-order valence-corrected chi connectivity index (χ2v) is 6.90. The molecule has 0 amide bonds. The monoisotopic (exact) mass is 263 g/mol. The normalized spacial score (nSPS) is 25.5. The van der Waals surface area contributed by atoms with Crippen LogP contribution in [0.5, 0.6) is 0 Å². The Morgan fingerprint density at radius 2 is 1.94 bits per heavy atom. The minimum absolute atomic E-state index is 0.01000. The second kappa shape index (κ2) is 5.22. The minimum Gasteiger partial charge on any atom is -0.381 e. The van der Waals surface area contributed by atoms with Gasteiger partial charge in [-0.1, -0.05) is 0 Å². The van der Waals surface area contributed by atoms with E-state index in [4.69, 9.17) is 14.6 Å². The third kappa shape index (κ3) is 3.91. The van der Waals surface area contributed by atoms with Crippen LogP contribution in [0.25, 0.3) is 0 Å². The van der Waals surface area contributed by atoms with E-state index >= 15 is 0 Å². The molecule has 0 bridgehead atoms. The highest BCUT2D eigenvalue weighted by atomic mass is 32.2. The highest BCUT2D eigenvalue weighted by molar-refractivity contribution is 7.89. The van der Waals surface area contributed by atoms with Gasteiger partial charge >= 0.3 is 0 Å². The van der Waals surface area contributed by atoms with Gasteiger partial charge in [-0.05, 0) is 32.1 Å². The molecule has 2 fully saturated rings. The summed E-state index contributed by atoms with van der Waals surface area (Å²) in [5, 5.41) is 5.18. The molecule has 0 atom stereocenters. The Balaban J connectivity index is 1.95. The molecule has 6 heteroatoms. The lowest BCUT2D eigenvalue weighted by atomic mass is 9.83. The molecule has 100 valence electrons. The van der Waals surface area contributed by atoms with Crippen molar-refractivity contribution in [2.45, 2.75) is 38.2 Å². The quantitative estimate of drug-likeness (QED) is 0.789. The average Bonchev–Trinajstić information content (AvgIpc) is 2.13. The molecule has 0 radical (unpaired) electrons. The first-order chi connectivity index (χ1) is 7.99. The van der Waals surface area contributed by atoms with Crippen LogP contribution in [0.4, 0.5) is 0 Å². The average molecular weight is 263 g/mol. The Bertz CT molecular complexity index is 344. The molecule has 0 aromatic heterocycles. The van der Waals surface area contributed by atoms with E-state index in [-0.39, 0.29) is 11.2 Å². The number of hydrogen-bond acceptors (Lipinski definition) is 4. The van der Waals surface area contributed by atoms with Crippen LogP contribution in [0.3, 0.4) is 0 Å². The van der Waals surface area contributed by atoms with Crippen molar-refractivity contribution in [3.63, 3.8) is 0 Å². The lowest BCUT2D eigenvalue weighted by Crippen LogP contribution is -2.43. The summed E-state index contributed by atoms with van der Waals surface area (Å²) in [6, 6.07) is 0. The van der Waals surface area contributed by atoms with Crippen molar-refractivity contribution < 1.29 is 17.9 Å². The van der Waals surface area contributed by atoms with Gasteiger partial charge in [-0.25, -0.2) is 13.6 Å². The Kier molecular flexibility index (Phi) is 4.07. The molecule has 0 spiro atoms. The van der Waals surface area contributed by atoms with Gasteiger partial charge in [0.05, 0.1) is 18.5 Å². The molecule has 1 saturated heterocycles. The van der Waals surface area contributed by atoms with Gasteiger partial charge in [0.15, 0.2) is 0 Å². The zero-order valence-corrected chi connectivity index (χ0v) is 10.9. The van der Waals surface area contributed by atoms with Gasteiger partial charge in [0, 0.05) is 18.6 Å². The first-order valence-electron chi connectivity index (χ1n) is 6.19. The molecule has 2 N–H and O–H groups in total. The Hall–Kier alpha value is -0.170. The molecule has 2 rings (SSSR count). The van der Waals surface area contributed by atoms with E-state index < -0.39 is 10.0 Å². The summed E-state index contributed by atoms with van der Waals surface area (Å²) in [5.74, 6) is 0.01000. The van der Waals surface area contributed by atoms with E-state index in [1.807, 2.05) is 0 Å². The van der Waals surface area contributed by atoms with Crippen molar-refractivity contribution in [1.29, 1.82) is 0 Å². The van der Waals surface area contributed by atoms with Gasteiger partial charge < -0.3 is 9.47 Å². The zero-order chi connectivity index (χ0) is 12.4. The van der Waals surface area contributed by atoms with Crippen molar-refractivity contribution in [3.05, 3.63) is 0 Å². The Morgan fingerprint density at radius 3 is 2.41 bits per heavy atom. The van der Waals surface area contributed by atoms with Crippen LogP contribution in [0.2, 0.25) is 0 Å². The highest BCUT2D eigenvalue weighted by Gasteiger charge is 2.37. The van der Waals surface area contributed by atoms with Crippen LogP contribution in [0.15, 0.2) is 0 Å². The summed E-state index contributed by atoms with van der Waals surface area (Å²) < 4.78 is 33.7. The van der Waals surface area contributed by atoms with Crippen molar-refractivity contribution in [1.82, 2.24) is 0 Å². The Morgan fingerprint density at radius 1 is 1.29 bits per heavy atom. The van der Waals surface area contributed by atoms with E-state index in [9.17, 15) is 8.42 Å². The number of rotatable bonds is 5. The van der Waals surface area contributed by atoms with Crippen molar-refractivity contribution in [3.8, 4) is 0 Å². The van der Waals surface area contributed by atoms with Gasteiger partial charge in [0.1, 0.15) is 0 Å². The van der Waals surface area contributed by atoms with Gasteiger partial charge in [-0.15, -0.1) is 0 Å². The molecular formula is C11H21NO4S. The molecule has 5 nitrogen and oxygen atoms in total. The topological polar surface area (TPSA) is 78.6 Å². The van der Waals surface area contributed by atoms with Crippen molar-refractivity contribution in [2.24, 2.45) is 10.6 Å². The minimum atomic E-state index is -3.45. The SMILES string of the molecule is NS(=O)(=O)CC1(COC2CCC2)CCOCC1. The first-order valence-corrected chi connectivity index (χ1v) is 7.91. The van der Waals surface area contributed by atoms with Crippen LogP contribution < -0.4 is 5.14 Å². The third-order valence-corrected chi connectivity index (χ3v) is 4.75. The van der Waals surface area contributed by atoms with Crippen LogP contribution >= 0.6 is 0 Å². The van der Waals surface area contributed by atoms with E-state index in [2.05, 4.69) is 0 Å². The van der Waals surface area contributed by atoms with E-state index in [0.29, 0.717) is 25.9 Å². The predicted molar refractivity (Wildman–Crippen MR) is 64.1 cm³/mol. The van der Waals surface area contributed by atoms with Crippen LogP contribution in [0.1, 0.15) is 32.1 Å². The van der Waals surface area contributed by atoms with Gasteiger partial charge in [-0.3, -0.25) is 0 Å². The van der Waals surface area contributed by atoms with E-state index in [1.54, 1.807) is 0 Å². The maximum Gasteiger partial charge on any atom is 0.209 e. The molecule has 1 saturated carbocycles. The fourth-order valence-corrected chi connectivity index (χ4v) is 3.62. The van der Waals surface area contributed by atoms with Crippen molar-refractivity contribution in [2.75, 3.05) is 25.6 Å². The second-order valence-electron chi connectivity index (χ2n) is 5.28.